The highest BCUT2D eigenvalue weighted by molar-refractivity contribution is 7.85. The molecular formula is C27H32N2O5S. The standard InChI is InChI=1S/C27H32N2O5S/c1-32-21-8-7-20(24(13-21)33-2)14-29-25-23-6-4-5-19(22(23)10-12-28-25)9-11-26-15-27(16-26,17-26)18-34-35(3,30)31/h4-8,10,12-13H,9,11,14-18H2,1-3H3,(H,28,29). The molecule has 8 heteroatoms. The summed E-state index contributed by atoms with van der Waals surface area (Å²) in [5.41, 5.74) is 2.79. The van der Waals surface area contributed by atoms with Gasteiger partial charge in [-0.25, -0.2) is 4.98 Å². The van der Waals surface area contributed by atoms with Gasteiger partial charge in [0.05, 0.1) is 27.1 Å². The number of hydrogen-bond acceptors (Lipinski definition) is 7. The summed E-state index contributed by atoms with van der Waals surface area (Å²) in [6.45, 7) is 0.922. The Bertz CT molecular complexity index is 1340. The van der Waals surface area contributed by atoms with E-state index >= 15 is 0 Å². The van der Waals surface area contributed by atoms with Crippen molar-refractivity contribution < 1.29 is 22.1 Å². The molecule has 2 bridgehead atoms. The Morgan fingerprint density at radius 1 is 0.971 bits per heavy atom. The van der Waals surface area contributed by atoms with Gasteiger partial charge in [-0.05, 0) is 72.1 Å². The number of anilines is 1. The van der Waals surface area contributed by atoms with Crippen LogP contribution in [0.1, 0.15) is 36.8 Å². The first kappa shape index (κ1) is 23.9. The van der Waals surface area contributed by atoms with E-state index in [9.17, 15) is 8.42 Å². The lowest BCUT2D eigenvalue weighted by molar-refractivity contribution is -0.221. The molecule has 0 aliphatic heterocycles. The average molecular weight is 497 g/mol. The predicted molar refractivity (Wildman–Crippen MR) is 136 cm³/mol. The molecule has 3 saturated carbocycles. The second-order valence-electron chi connectivity index (χ2n) is 10.2. The summed E-state index contributed by atoms with van der Waals surface area (Å²) in [6.07, 6.45) is 8.30. The highest BCUT2D eigenvalue weighted by atomic mass is 32.2. The van der Waals surface area contributed by atoms with Crippen LogP contribution in [0.4, 0.5) is 5.82 Å². The van der Waals surface area contributed by atoms with Crippen molar-refractivity contribution in [3.05, 3.63) is 59.8 Å². The molecule has 35 heavy (non-hydrogen) atoms. The van der Waals surface area contributed by atoms with Crippen LogP contribution in [0.5, 0.6) is 11.5 Å². The van der Waals surface area contributed by atoms with Gasteiger partial charge in [0.2, 0.25) is 0 Å². The number of aryl methyl sites for hydroxylation is 1. The Hall–Kier alpha value is -2.84. The van der Waals surface area contributed by atoms with E-state index < -0.39 is 10.1 Å². The molecule has 3 aliphatic carbocycles. The zero-order valence-corrected chi connectivity index (χ0v) is 21.3. The van der Waals surface area contributed by atoms with Crippen LogP contribution in [0.25, 0.3) is 10.8 Å². The fourth-order valence-corrected chi connectivity index (χ4v) is 6.55. The van der Waals surface area contributed by atoms with Crippen LogP contribution >= 0.6 is 0 Å². The molecule has 0 atom stereocenters. The molecule has 0 unspecified atom stereocenters. The van der Waals surface area contributed by atoms with E-state index in [-0.39, 0.29) is 5.41 Å². The van der Waals surface area contributed by atoms with Gasteiger partial charge >= 0.3 is 0 Å². The monoisotopic (exact) mass is 496 g/mol. The number of rotatable bonds is 11. The van der Waals surface area contributed by atoms with Gasteiger partial charge in [0.15, 0.2) is 0 Å². The number of pyridine rings is 1. The summed E-state index contributed by atoms with van der Waals surface area (Å²) in [5, 5.41) is 5.80. The summed E-state index contributed by atoms with van der Waals surface area (Å²) in [4.78, 5) is 4.61. The quantitative estimate of drug-likeness (QED) is 0.376. The first-order chi connectivity index (χ1) is 16.7. The van der Waals surface area contributed by atoms with Crippen molar-refractivity contribution in [1.82, 2.24) is 4.98 Å². The number of benzene rings is 2. The lowest BCUT2D eigenvalue weighted by Crippen LogP contribution is -2.63. The predicted octanol–water partition coefficient (Wildman–Crippen LogP) is 4.94. The molecule has 6 rings (SSSR count). The zero-order chi connectivity index (χ0) is 24.7. The number of hydrogen-bond donors (Lipinski definition) is 1. The Kier molecular flexibility index (Phi) is 6.13. The molecule has 0 saturated heterocycles. The van der Waals surface area contributed by atoms with Crippen LogP contribution in [0.3, 0.4) is 0 Å². The third-order valence-corrected chi connectivity index (χ3v) is 8.14. The second-order valence-corrected chi connectivity index (χ2v) is 11.8. The number of methoxy groups -OCH3 is 2. The van der Waals surface area contributed by atoms with Crippen molar-refractivity contribution in [2.24, 2.45) is 10.8 Å². The summed E-state index contributed by atoms with van der Waals surface area (Å²) >= 11 is 0. The fourth-order valence-electron chi connectivity index (χ4n) is 6.09. The maximum Gasteiger partial charge on any atom is 0.264 e. The van der Waals surface area contributed by atoms with Crippen molar-refractivity contribution in [2.45, 2.75) is 38.6 Å². The summed E-state index contributed by atoms with van der Waals surface area (Å²) in [6, 6.07) is 14.3. The van der Waals surface area contributed by atoms with Gasteiger partial charge in [-0.15, -0.1) is 0 Å². The Labute approximate surface area is 206 Å². The van der Waals surface area contributed by atoms with E-state index in [1.165, 1.54) is 10.9 Å². The zero-order valence-electron chi connectivity index (χ0n) is 20.5. The summed E-state index contributed by atoms with van der Waals surface area (Å²) < 4.78 is 38.5. The highest BCUT2D eigenvalue weighted by Gasteiger charge is 2.67. The van der Waals surface area contributed by atoms with Crippen molar-refractivity contribution in [3.8, 4) is 11.5 Å². The Morgan fingerprint density at radius 3 is 2.49 bits per heavy atom. The van der Waals surface area contributed by atoms with Gasteiger partial charge < -0.3 is 14.8 Å². The molecule has 1 heterocycles. The lowest BCUT2D eigenvalue weighted by atomic mass is 9.34. The minimum Gasteiger partial charge on any atom is -0.497 e. The molecule has 0 amide bonds. The van der Waals surface area contributed by atoms with Gasteiger partial charge in [0.25, 0.3) is 10.1 Å². The van der Waals surface area contributed by atoms with E-state index in [1.54, 1.807) is 14.2 Å². The van der Waals surface area contributed by atoms with E-state index in [0.29, 0.717) is 18.6 Å². The van der Waals surface area contributed by atoms with Crippen LogP contribution in [-0.4, -0.2) is 40.5 Å². The molecule has 3 aliphatic rings. The highest BCUT2D eigenvalue weighted by Crippen LogP contribution is 2.75. The van der Waals surface area contributed by atoms with E-state index in [0.717, 1.165) is 66.6 Å². The van der Waals surface area contributed by atoms with Crippen LogP contribution in [0.15, 0.2) is 48.7 Å². The third-order valence-electron chi connectivity index (χ3n) is 7.59. The number of ether oxygens (including phenoxy) is 2. The Balaban J connectivity index is 1.25. The maximum absolute atomic E-state index is 11.3. The SMILES string of the molecule is COc1ccc(CNc2nccc3c(CCC45CC(COS(C)(=O)=O)(C4)C5)cccc23)c(OC)c1. The molecule has 0 spiro atoms. The minimum atomic E-state index is -3.37. The largest absolute Gasteiger partial charge is 0.497 e. The average Bonchev–Trinajstić information content (AvgIpc) is 2.80. The van der Waals surface area contributed by atoms with Crippen LogP contribution in [0, 0.1) is 10.8 Å². The molecule has 186 valence electrons. The first-order valence-corrected chi connectivity index (χ1v) is 13.7. The van der Waals surface area contributed by atoms with Gasteiger partial charge in [-0.1, -0.05) is 18.2 Å². The third kappa shape index (κ3) is 4.82. The number of nitrogens with one attached hydrogen (secondary N) is 1. The van der Waals surface area contributed by atoms with Crippen LogP contribution in [0.2, 0.25) is 0 Å². The second kappa shape index (κ2) is 8.99. The van der Waals surface area contributed by atoms with Crippen molar-refractivity contribution >= 4 is 26.7 Å². The van der Waals surface area contributed by atoms with Crippen molar-refractivity contribution in [1.29, 1.82) is 0 Å². The fraction of sp³-hybridized carbons (Fsp3) is 0.444. The first-order valence-electron chi connectivity index (χ1n) is 11.9. The molecule has 7 nitrogen and oxygen atoms in total. The number of aromatic nitrogens is 1. The van der Waals surface area contributed by atoms with Gasteiger partial charge in [-0.2, -0.15) is 8.42 Å². The number of nitrogens with zero attached hydrogens (tertiary/aromatic N) is 1. The summed E-state index contributed by atoms with van der Waals surface area (Å²) in [5.74, 6) is 2.39. The molecule has 1 N–H and O–H groups in total. The minimum absolute atomic E-state index is 0.0886. The van der Waals surface area contributed by atoms with E-state index in [2.05, 4.69) is 34.6 Å². The van der Waals surface area contributed by atoms with Crippen molar-refractivity contribution in [2.75, 3.05) is 32.4 Å². The topological polar surface area (TPSA) is 86.8 Å². The normalized spacial score (nSPS) is 22.8. The molecule has 0 radical (unpaired) electrons. The smallest absolute Gasteiger partial charge is 0.264 e. The molecular weight excluding hydrogens is 464 g/mol. The van der Waals surface area contributed by atoms with Crippen molar-refractivity contribution in [3.63, 3.8) is 0 Å². The summed E-state index contributed by atoms with van der Waals surface area (Å²) in [7, 11) is -0.0642. The molecule has 2 aromatic carbocycles. The molecule has 3 fully saturated rings. The molecule has 1 aromatic heterocycles. The Morgan fingerprint density at radius 2 is 1.77 bits per heavy atom. The van der Waals surface area contributed by atoms with Gasteiger partial charge in [0.1, 0.15) is 17.3 Å². The van der Waals surface area contributed by atoms with Gasteiger partial charge in [-0.3, -0.25) is 4.18 Å². The van der Waals surface area contributed by atoms with Gasteiger partial charge in [0, 0.05) is 29.8 Å². The van der Waals surface area contributed by atoms with Crippen LogP contribution < -0.4 is 14.8 Å². The molecule has 3 aromatic rings. The van der Waals surface area contributed by atoms with Crippen LogP contribution in [-0.2, 0) is 27.3 Å². The number of fused-ring (bicyclic) bond motifs is 1. The van der Waals surface area contributed by atoms with E-state index in [4.69, 9.17) is 13.7 Å². The lowest BCUT2D eigenvalue weighted by Gasteiger charge is -2.71. The van der Waals surface area contributed by atoms with E-state index in [1.807, 2.05) is 24.4 Å². The maximum atomic E-state index is 11.3.